The van der Waals surface area contributed by atoms with Crippen LogP contribution in [0.4, 0.5) is 5.82 Å². The van der Waals surface area contributed by atoms with E-state index in [4.69, 9.17) is 5.73 Å². The molecule has 0 aromatic carbocycles. The fraction of sp³-hybridized carbons (Fsp3) is 0.571. The monoisotopic (exact) mass is 247 g/mol. The summed E-state index contributed by atoms with van der Waals surface area (Å²) in [5, 5.41) is 3.09. The minimum absolute atomic E-state index is 0.117. The van der Waals surface area contributed by atoms with Crippen LogP contribution in [-0.2, 0) is 0 Å². The van der Waals surface area contributed by atoms with Gasteiger partial charge in [-0.1, -0.05) is 32.8 Å². The van der Waals surface area contributed by atoms with Crippen LogP contribution in [0.25, 0.3) is 0 Å². The quantitative estimate of drug-likeness (QED) is 0.842. The van der Waals surface area contributed by atoms with E-state index in [-0.39, 0.29) is 11.9 Å². The van der Waals surface area contributed by atoms with Crippen molar-refractivity contribution in [1.82, 2.24) is 10.3 Å². The third kappa shape index (κ3) is 2.81. The van der Waals surface area contributed by atoms with E-state index in [1.807, 2.05) is 0 Å². The van der Waals surface area contributed by atoms with E-state index >= 15 is 0 Å². The van der Waals surface area contributed by atoms with Crippen molar-refractivity contribution in [1.29, 1.82) is 0 Å². The molecule has 0 bridgehead atoms. The molecule has 98 valence electrons. The highest BCUT2D eigenvalue weighted by molar-refractivity contribution is 5.92. The van der Waals surface area contributed by atoms with Crippen LogP contribution >= 0.6 is 0 Å². The number of carbonyl (C=O) groups is 1. The lowest BCUT2D eigenvalue weighted by Gasteiger charge is -2.34. The van der Waals surface area contributed by atoms with E-state index in [1.165, 1.54) is 12.8 Å². The molecular formula is C14H21N3O. The Morgan fingerprint density at radius 2 is 2.17 bits per heavy atom. The smallest absolute Gasteiger partial charge is 0.270 e. The van der Waals surface area contributed by atoms with E-state index in [9.17, 15) is 4.79 Å². The second-order valence-corrected chi connectivity index (χ2v) is 5.29. The minimum atomic E-state index is -0.117. The van der Waals surface area contributed by atoms with Crippen LogP contribution < -0.4 is 11.1 Å². The van der Waals surface area contributed by atoms with Gasteiger partial charge in [0, 0.05) is 6.04 Å². The van der Waals surface area contributed by atoms with E-state index < -0.39 is 0 Å². The van der Waals surface area contributed by atoms with Gasteiger partial charge in [0.15, 0.2) is 0 Å². The topological polar surface area (TPSA) is 68.0 Å². The molecule has 3 atom stereocenters. The largest absolute Gasteiger partial charge is 0.384 e. The number of nitrogens with one attached hydrogen (secondary N) is 1. The van der Waals surface area contributed by atoms with Gasteiger partial charge in [-0.25, -0.2) is 4.98 Å². The number of anilines is 1. The first-order chi connectivity index (χ1) is 8.58. The highest BCUT2D eigenvalue weighted by Crippen LogP contribution is 2.29. The van der Waals surface area contributed by atoms with Crippen molar-refractivity contribution < 1.29 is 4.79 Å². The van der Waals surface area contributed by atoms with Gasteiger partial charge in [0.05, 0.1) is 0 Å². The molecule has 3 unspecified atom stereocenters. The van der Waals surface area contributed by atoms with Gasteiger partial charge >= 0.3 is 0 Å². The molecule has 1 aromatic rings. The molecule has 1 fully saturated rings. The Kier molecular flexibility index (Phi) is 3.84. The summed E-state index contributed by atoms with van der Waals surface area (Å²) < 4.78 is 0. The van der Waals surface area contributed by atoms with Gasteiger partial charge in [-0.2, -0.15) is 0 Å². The van der Waals surface area contributed by atoms with Gasteiger partial charge in [-0.05, 0) is 30.4 Å². The molecule has 0 aliphatic heterocycles. The van der Waals surface area contributed by atoms with Crippen molar-refractivity contribution in [2.45, 2.75) is 39.2 Å². The number of aromatic nitrogens is 1. The lowest BCUT2D eigenvalue weighted by molar-refractivity contribution is 0.0886. The molecule has 1 aliphatic rings. The van der Waals surface area contributed by atoms with Gasteiger partial charge < -0.3 is 11.1 Å². The molecule has 1 aromatic heterocycles. The Morgan fingerprint density at radius 3 is 2.89 bits per heavy atom. The van der Waals surface area contributed by atoms with Crippen LogP contribution in [0, 0.1) is 11.8 Å². The highest BCUT2D eigenvalue weighted by Gasteiger charge is 2.28. The Bertz CT molecular complexity index is 433. The van der Waals surface area contributed by atoms with Gasteiger partial charge in [-0.15, -0.1) is 0 Å². The summed E-state index contributed by atoms with van der Waals surface area (Å²) in [4.78, 5) is 16.1. The molecule has 4 nitrogen and oxygen atoms in total. The van der Waals surface area contributed by atoms with Crippen molar-refractivity contribution in [3.63, 3.8) is 0 Å². The van der Waals surface area contributed by atoms with Crippen LogP contribution in [0.3, 0.4) is 0 Å². The van der Waals surface area contributed by atoms with Crippen LogP contribution in [-0.4, -0.2) is 16.9 Å². The van der Waals surface area contributed by atoms with Crippen molar-refractivity contribution in [3.05, 3.63) is 23.9 Å². The van der Waals surface area contributed by atoms with E-state index in [2.05, 4.69) is 24.1 Å². The molecule has 3 N–H and O–H groups in total. The number of rotatable bonds is 2. The molecular weight excluding hydrogens is 226 g/mol. The minimum Gasteiger partial charge on any atom is -0.384 e. The summed E-state index contributed by atoms with van der Waals surface area (Å²) in [5.74, 6) is 1.45. The summed E-state index contributed by atoms with van der Waals surface area (Å²) in [5.41, 5.74) is 5.99. The van der Waals surface area contributed by atoms with Crippen molar-refractivity contribution in [2.75, 3.05) is 5.73 Å². The summed E-state index contributed by atoms with van der Waals surface area (Å²) in [6.45, 7) is 4.46. The molecule has 2 rings (SSSR count). The lowest BCUT2D eigenvalue weighted by atomic mass is 9.78. The summed E-state index contributed by atoms with van der Waals surface area (Å²) in [7, 11) is 0. The second kappa shape index (κ2) is 5.38. The SMILES string of the molecule is CC1CCCC(NC(=O)c2cccc(N)n2)C1C. The van der Waals surface area contributed by atoms with Gasteiger partial charge in [0.1, 0.15) is 11.5 Å². The normalized spacial score (nSPS) is 27.8. The van der Waals surface area contributed by atoms with Crippen molar-refractivity contribution in [3.8, 4) is 0 Å². The number of nitrogens with zero attached hydrogens (tertiary/aromatic N) is 1. The average Bonchev–Trinajstić information content (AvgIpc) is 2.35. The molecule has 4 heteroatoms. The number of nitrogen functional groups attached to an aromatic ring is 1. The maximum Gasteiger partial charge on any atom is 0.270 e. The molecule has 0 radical (unpaired) electrons. The molecule has 1 heterocycles. The Labute approximate surface area is 108 Å². The van der Waals surface area contributed by atoms with E-state index in [0.29, 0.717) is 23.3 Å². The van der Waals surface area contributed by atoms with E-state index in [1.54, 1.807) is 18.2 Å². The third-order valence-electron chi connectivity index (χ3n) is 4.03. The molecule has 1 saturated carbocycles. The fourth-order valence-corrected chi connectivity index (χ4v) is 2.61. The summed E-state index contributed by atoms with van der Waals surface area (Å²) in [6.07, 6.45) is 3.49. The number of hydrogen-bond donors (Lipinski definition) is 2. The Balaban J connectivity index is 2.03. The molecule has 0 spiro atoms. The number of nitrogens with two attached hydrogens (primary N) is 1. The van der Waals surface area contributed by atoms with Crippen LogP contribution in [0.1, 0.15) is 43.6 Å². The van der Waals surface area contributed by atoms with Crippen LogP contribution in [0.15, 0.2) is 18.2 Å². The van der Waals surface area contributed by atoms with Crippen molar-refractivity contribution in [2.24, 2.45) is 11.8 Å². The molecule has 1 aliphatic carbocycles. The molecule has 1 amide bonds. The first-order valence-electron chi connectivity index (χ1n) is 6.61. The Hall–Kier alpha value is -1.58. The predicted molar refractivity (Wildman–Crippen MR) is 72.1 cm³/mol. The summed E-state index contributed by atoms with van der Waals surface area (Å²) in [6, 6.07) is 5.39. The number of hydrogen-bond acceptors (Lipinski definition) is 3. The first kappa shape index (κ1) is 12.9. The maximum atomic E-state index is 12.1. The zero-order valence-corrected chi connectivity index (χ0v) is 11.0. The summed E-state index contributed by atoms with van der Waals surface area (Å²) >= 11 is 0. The fourth-order valence-electron chi connectivity index (χ4n) is 2.61. The Morgan fingerprint density at radius 1 is 1.39 bits per heavy atom. The average molecular weight is 247 g/mol. The number of amides is 1. The van der Waals surface area contributed by atoms with Crippen LogP contribution in [0.5, 0.6) is 0 Å². The zero-order chi connectivity index (χ0) is 13.1. The predicted octanol–water partition coefficient (Wildman–Crippen LogP) is 2.22. The van der Waals surface area contributed by atoms with Gasteiger partial charge in [-0.3, -0.25) is 4.79 Å². The molecule has 18 heavy (non-hydrogen) atoms. The second-order valence-electron chi connectivity index (χ2n) is 5.29. The standard InChI is InChI=1S/C14H21N3O/c1-9-5-3-6-11(10(9)2)17-14(18)12-7-4-8-13(15)16-12/h4,7-11H,3,5-6H2,1-2H3,(H2,15,16)(H,17,18). The number of carbonyl (C=O) groups excluding carboxylic acids is 1. The zero-order valence-electron chi connectivity index (χ0n) is 11.0. The lowest BCUT2D eigenvalue weighted by Crippen LogP contribution is -2.43. The number of pyridine rings is 1. The molecule has 0 saturated heterocycles. The van der Waals surface area contributed by atoms with Crippen LogP contribution in [0.2, 0.25) is 0 Å². The maximum absolute atomic E-state index is 12.1. The van der Waals surface area contributed by atoms with Gasteiger partial charge in [0.2, 0.25) is 0 Å². The first-order valence-corrected chi connectivity index (χ1v) is 6.61. The van der Waals surface area contributed by atoms with Gasteiger partial charge in [0.25, 0.3) is 5.91 Å². The van der Waals surface area contributed by atoms with Crippen molar-refractivity contribution >= 4 is 11.7 Å². The van der Waals surface area contributed by atoms with E-state index in [0.717, 1.165) is 6.42 Å². The highest BCUT2D eigenvalue weighted by atomic mass is 16.1. The third-order valence-corrected chi connectivity index (χ3v) is 4.03.